The van der Waals surface area contributed by atoms with Gasteiger partial charge in [-0.05, 0) is 48.2 Å². The first-order valence-corrected chi connectivity index (χ1v) is 12.7. The largest absolute Gasteiger partial charge is 0.353 e. The normalized spacial score (nSPS) is 14.3. The molecular formula is C30H34N4O2. The Balaban J connectivity index is 1.19. The molecule has 1 fully saturated rings. The van der Waals surface area contributed by atoms with Gasteiger partial charge in [-0.15, -0.1) is 0 Å². The lowest BCUT2D eigenvalue weighted by Gasteiger charge is -2.36. The minimum atomic E-state index is -0.269. The topological polar surface area (TPSA) is 65.5 Å². The Morgan fingerprint density at radius 3 is 2.14 bits per heavy atom. The number of unbranched alkanes of at least 4 members (excludes halogenated alkanes) is 1. The van der Waals surface area contributed by atoms with Crippen molar-refractivity contribution in [3.8, 4) is 0 Å². The number of piperazine rings is 1. The molecule has 3 aromatic rings. The lowest BCUT2D eigenvalue weighted by Crippen LogP contribution is -2.50. The van der Waals surface area contributed by atoms with Gasteiger partial charge in [0.2, 0.25) is 11.8 Å². The second-order valence-electron chi connectivity index (χ2n) is 9.04. The van der Waals surface area contributed by atoms with Crippen LogP contribution in [0.2, 0.25) is 0 Å². The fourth-order valence-corrected chi connectivity index (χ4v) is 4.52. The van der Waals surface area contributed by atoms with Crippen LogP contribution in [-0.4, -0.2) is 65.9 Å². The van der Waals surface area contributed by atoms with E-state index >= 15 is 0 Å². The van der Waals surface area contributed by atoms with Gasteiger partial charge >= 0.3 is 0 Å². The second kappa shape index (κ2) is 13.4. The Morgan fingerprint density at radius 2 is 1.53 bits per heavy atom. The van der Waals surface area contributed by atoms with E-state index < -0.39 is 0 Å². The van der Waals surface area contributed by atoms with Gasteiger partial charge in [0.15, 0.2) is 0 Å². The standard InChI is InChI=1S/C30H34N4O2/c35-28(16-15-25-10-9-17-31-24-25)32-18-7-8-19-33-20-22-34(23-21-33)30(36)29(26-11-3-1-4-12-26)27-13-5-2-6-14-27/h1-6,9-17,24,29H,7-8,18-23H2,(H,32,35)/b16-15-. The number of hydrogen-bond acceptors (Lipinski definition) is 4. The molecule has 186 valence electrons. The van der Waals surface area contributed by atoms with Crippen LogP contribution in [0.15, 0.2) is 91.3 Å². The third-order valence-corrected chi connectivity index (χ3v) is 6.51. The first-order valence-electron chi connectivity index (χ1n) is 12.7. The average Bonchev–Trinajstić information content (AvgIpc) is 2.94. The summed E-state index contributed by atoms with van der Waals surface area (Å²) >= 11 is 0. The van der Waals surface area contributed by atoms with E-state index in [1.807, 2.05) is 77.7 Å². The Morgan fingerprint density at radius 1 is 0.861 bits per heavy atom. The molecule has 2 heterocycles. The molecule has 1 aliphatic heterocycles. The molecule has 0 aliphatic carbocycles. The van der Waals surface area contributed by atoms with Crippen LogP contribution in [-0.2, 0) is 9.59 Å². The van der Waals surface area contributed by atoms with Crippen molar-refractivity contribution < 1.29 is 9.59 Å². The molecule has 0 saturated carbocycles. The third kappa shape index (κ3) is 7.36. The Kier molecular flexibility index (Phi) is 9.39. The van der Waals surface area contributed by atoms with E-state index in [4.69, 9.17) is 0 Å². The van der Waals surface area contributed by atoms with Crippen LogP contribution >= 0.6 is 0 Å². The fraction of sp³-hybridized carbons (Fsp3) is 0.300. The molecule has 36 heavy (non-hydrogen) atoms. The quantitative estimate of drug-likeness (QED) is 0.351. The zero-order valence-electron chi connectivity index (χ0n) is 20.6. The van der Waals surface area contributed by atoms with Gasteiger partial charge in [-0.1, -0.05) is 66.7 Å². The molecule has 4 rings (SSSR count). The highest BCUT2D eigenvalue weighted by Crippen LogP contribution is 2.27. The summed E-state index contributed by atoms with van der Waals surface area (Å²) in [6, 6.07) is 23.9. The molecule has 1 saturated heterocycles. The zero-order chi connectivity index (χ0) is 25.0. The molecule has 1 N–H and O–H groups in total. The highest BCUT2D eigenvalue weighted by molar-refractivity contribution is 5.91. The number of hydrogen-bond donors (Lipinski definition) is 1. The van der Waals surface area contributed by atoms with Crippen LogP contribution in [0.3, 0.4) is 0 Å². The molecule has 0 radical (unpaired) electrons. The Hall–Kier alpha value is -3.77. The maximum Gasteiger partial charge on any atom is 0.243 e. The van der Waals surface area contributed by atoms with Crippen molar-refractivity contribution in [1.29, 1.82) is 0 Å². The monoisotopic (exact) mass is 482 g/mol. The molecule has 0 unspecified atom stereocenters. The van der Waals surface area contributed by atoms with E-state index in [-0.39, 0.29) is 17.7 Å². The second-order valence-corrected chi connectivity index (χ2v) is 9.04. The summed E-state index contributed by atoms with van der Waals surface area (Å²) < 4.78 is 0. The summed E-state index contributed by atoms with van der Waals surface area (Å²) in [5.74, 6) is -0.179. The first-order chi connectivity index (χ1) is 17.7. The lowest BCUT2D eigenvalue weighted by atomic mass is 9.90. The van der Waals surface area contributed by atoms with Crippen molar-refractivity contribution >= 4 is 17.9 Å². The molecule has 1 aromatic heterocycles. The van der Waals surface area contributed by atoms with E-state index in [2.05, 4.69) is 15.2 Å². The molecule has 2 aromatic carbocycles. The smallest absolute Gasteiger partial charge is 0.243 e. The van der Waals surface area contributed by atoms with Crippen molar-refractivity contribution in [3.63, 3.8) is 0 Å². The predicted molar refractivity (Wildman–Crippen MR) is 143 cm³/mol. The van der Waals surface area contributed by atoms with E-state index in [1.54, 1.807) is 24.5 Å². The summed E-state index contributed by atoms with van der Waals surface area (Å²) in [6.45, 7) is 4.87. The van der Waals surface area contributed by atoms with Crippen LogP contribution in [0, 0.1) is 0 Å². The number of nitrogens with one attached hydrogen (secondary N) is 1. The van der Waals surface area contributed by atoms with Crippen LogP contribution in [0.1, 0.15) is 35.4 Å². The van der Waals surface area contributed by atoms with E-state index in [9.17, 15) is 9.59 Å². The van der Waals surface area contributed by atoms with Gasteiger partial charge < -0.3 is 10.2 Å². The highest BCUT2D eigenvalue weighted by Gasteiger charge is 2.29. The van der Waals surface area contributed by atoms with E-state index in [0.29, 0.717) is 6.54 Å². The van der Waals surface area contributed by atoms with Gasteiger partial charge in [-0.25, -0.2) is 0 Å². The van der Waals surface area contributed by atoms with Crippen molar-refractivity contribution in [2.45, 2.75) is 18.8 Å². The number of rotatable bonds is 10. The summed E-state index contributed by atoms with van der Waals surface area (Å²) in [5.41, 5.74) is 2.98. The van der Waals surface area contributed by atoms with Crippen LogP contribution in [0.5, 0.6) is 0 Å². The Labute approximate surface area is 213 Å². The number of nitrogens with zero attached hydrogens (tertiary/aromatic N) is 3. The number of carbonyl (C=O) groups excluding carboxylic acids is 2. The van der Waals surface area contributed by atoms with Gasteiger partial charge in [0.05, 0.1) is 5.92 Å². The van der Waals surface area contributed by atoms with Gasteiger partial charge in [0.25, 0.3) is 0 Å². The molecule has 2 amide bonds. The number of benzene rings is 2. The molecule has 0 atom stereocenters. The van der Waals surface area contributed by atoms with Crippen LogP contribution in [0.4, 0.5) is 0 Å². The van der Waals surface area contributed by atoms with Gasteiger partial charge in [-0.2, -0.15) is 0 Å². The van der Waals surface area contributed by atoms with Crippen LogP contribution < -0.4 is 5.32 Å². The predicted octanol–water partition coefficient (Wildman–Crippen LogP) is 3.97. The van der Waals surface area contributed by atoms with Crippen LogP contribution in [0.25, 0.3) is 6.08 Å². The van der Waals surface area contributed by atoms with Crippen molar-refractivity contribution in [1.82, 2.24) is 20.1 Å². The molecule has 0 bridgehead atoms. The molecular weight excluding hydrogens is 448 g/mol. The van der Waals surface area contributed by atoms with Crippen molar-refractivity contribution in [3.05, 3.63) is 108 Å². The molecule has 0 spiro atoms. The van der Waals surface area contributed by atoms with Gasteiger partial charge in [-0.3, -0.25) is 19.5 Å². The molecule has 6 heteroatoms. The first kappa shape index (κ1) is 25.3. The SMILES string of the molecule is O=C(/C=C\c1cccnc1)NCCCCN1CCN(C(=O)C(c2ccccc2)c2ccccc2)CC1. The number of carbonyl (C=O) groups is 2. The number of pyridine rings is 1. The molecule has 6 nitrogen and oxygen atoms in total. The maximum absolute atomic E-state index is 13.6. The van der Waals surface area contributed by atoms with E-state index in [1.165, 1.54) is 0 Å². The summed E-state index contributed by atoms with van der Waals surface area (Å²) in [7, 11) is 0. The summed E-state index contributed by atoms with van der Waals surface area (Å²) in [6.07, 6.45) is 8.68. The molecule has 1 aliphatic rings. The number of amides is 2. The van der Waals surface area contributed by atoms with Gasteiger partial charge in [0, 0.05) is 51.2 Å². The Bertz CT molecular complexity index is 1070. The minimum absolute atomic E-state index is 0.0858. The summed E-state index contributed by atoms with van der Waals surface area (Å²) in [4.78, 5) is 34.0. The van der Waals surface area contributed by atoms with Gasteiger partial charge in [0.1, 0.15) is 0 Å². The average molecular weight is 483 g/mol. The minimum Gasteiger partial charge on any atom is -0.353 e. The maximum atomic E-state index is 13.6. The lowest BCUT2D eigenvalue weighted by molar-refractivity contribution is -0.133. The van der Waals surface area contributed by atoms with E-state index in [0.717, 1.165) is 62.3 Å². The number of aromatic nitrogens is 1. The van der Waals surface area contributed by atoms with Crippen molar-refractivity contribution in [2.24, 2.45) is 0 Å². The third-order valence-electron chi connectivity index (χ3n) is 6.51. The zero-order valence-corrected chi connectivity index (χ0v) is 20.6. The fourth-order valence-electron chi connectivity index (χ4n) is 4.52. The highest BCUT2D eigenvalue weighted by atomic mass is 16.2. The van der Waals surface area contributed by atoms with Crippen molar-refractivity contribution in [2.75, 3.05) is 39.3 Å². The summed E-state index contributed by atoms with van der Waals surface area (Å²) in [5, 5.41) is 2.94.